The molecule has 0 atom stereocenters. The van der Waals surface area contributed by atoms with Crippen LogP contribution in [0.4, 0.5) is 8.78 Å². The van der Waals surface area contributed by atoms with Gasteiger partial charge in [-0.25, -0.2) is 4.98 Å². The molecule has 29 heavy (non-hydrogen) atoms. The molecule has 2 heterocycles. The minimum absolute atomic E-state index is 0.151. The third-order valence-corrected chi connectivity index (χ3v) is 5.10. The standard InChI is InChI=1S/C21H18ClF2N3O2/c22-15-7-5-13(6-8-15)19-25-17-9-10-27(12-16(17)20(28)26-19)11-14-3-1-2-4-18(14)29-21(23)24/h1-8,21H,9-12H2,(H,25,26,28). The Balaban J connectivity index is 1.55. The highest BCUT2D eigenvalue weighted by atomic mass is 35.5. The van der Waals surface area contributed by atoms with Crippen LogP contribution < -0.4 is 10.3 Å². The summed E-state index contributed by atoms with van der Waals surface area (Å²) < 4.78 is 29.9. The molecule has 1 aliphatic heterocycles. The van der Waals surface area contributed by atoms with E-state index in [0.717, 1.165) is 11.3 Å². The fourth-order valence-electron chi connectivity index (χ4n) is 3.45. The van der Waals surface area contributed by atoms with Crippen LogP contribution in [-0.2, 0) is 19.5 Å². The monoisotopic (exact) mass is 417 g/mol. The molecule has 4 rings (SSSR count). The predicted octanol–water partition coefficient (Wildman–Crippen LogP) is 4.25. The number of ether oxygens (including phenoxy) is 1. The van der Waals surface area contributed by atoms with Gasteiger partial charge in [-0.1, -0.05) is 29.8 Å². The Morgan fingerprint density at radius 3 is 2.69 bits per heavy atom. The molecule has 0 radical (unpaired) electrons. The summed E-state index contributed by atoms with van der Waals surface area (Å²) in [6, 6.07) is 13.8. The molecular weight excluding hydrogens is 400 g/mol. The van der Waals surface area contributed by atoms with E-state index in [1.54, 1.807) is 30.3 Å². The van der Waals surface area contributed by atoms with E-state index in [2.05, 4.69) is 14.7 Å². The second kappa shape index (κ2) is 8.31. The van der Waals surface area contributed by atoms with Gasteiger partial charge >= 0.3 is 6.61 Å². The molecule has 0 aliphatic carbocycles. The maximum Gasteiger partial charge on any atom is 0.387 e. The molecule has 5 nitrogen and oxygen atoms in total. The summed E-state index contributed by atoms with van der Waals surface area (Å²) in [6.45, 7) is -1.42. The summed E-state index contributed by atoms with van der Waals surface area (Å²) in [5.41, 5.74) is 2.60. The Bertz CT molecular complexity index is 1070. The third-order valence-electron chi connectivity index (χ3n) is 4.85. The third kappa shape index (κ3) is 4.46. The van der Waals surface area contributed by atoms with E-state index in [4.69, 9.17) is 11.6 Å². The first-order valence-electron chi connectivity index (χ1n) is 9.12. The molecule has 8 heteroatoms. The van der Waals surface area contributed by atoms with Crippen LogP contribution >= 0.6 is 11.6 Å². The van der Waals surface area contributed by atoms with Crippen LogP contribution in [0.2, 0.25) is 5.02 Å². The Morgan fingerprint density at radius 2 is 1.93 bits per heavy atom. The minimum Gasteiger partial charge on any atom is -0.434 e. The molecule has 2 aromatic carbocycles. The molecule has 0 bridgehead atoms. The lowest BCUT2D eigenvalue weighted by Gasteiger charge is -2.28. The van der Waals surface area contributed by atoms with Crippen LogP contribution in [0.1, 0.15) is 16.8 Å². The van der Waals surface area contributed by atoms with Crippen LogP contribution in [0.25, 0.3) is 11.4 Å². The van der Waals surface area contributed by atoms with Crippen molar-refractivity contribution >= 4 is 11.6 Å². The van der Waals surface area contributed by atoms with Gasteiger partial charge in [-0.3, -0.25) is 9.69 Å². The molecule has 1 aromatic heterocycles. The first-order valence-corrected chi connectivity index (χ1v) is 9.50. The molecule has 1 aliphatic rings. The second-order valence-electron chi connectivity index (χ2n) is 6.79. The first-order chi connectivity index (χ1) is 14.0. The van der Waals surface area contributed by atoms with Crippen LogP contribution in [-0.4, -0.2) is 28.0 Å². The van der Waals surface area contributed by atoms with Gasteiger partial charge in [0.2, 0.25) is 0 Å². The molecule has 0 spiro atoms. The van der Waals surface area contributed by atoms with Crippen molar-refractivity contribution in [2.45, 2.75) is 26.1 Å². The van der Waals surface area contributed by atoms with Gasteiger partial charge in [0.25, 0.3) is 5.56 Å². The smallest absolute Gasteiger partial charge is 0.387 e. The molecule has 0 amide bonds. The number of alkyl halides is 2. The van der Waals surface area contributed by atoms with Crippen molar-refractivity contribution in [3.05, 3.63) is 80.7 Å². The highest BCUT2D eigenvalue weighted by Crippen LogP contribution is 2.25. The Morgan fingerprint density at radius 1 is 1.17 bits per heavy atom. The lowest BCUT2D eigenvalue weighted by atomic mass is 10.0. The van der Waals surface area contributed by atoms with Crippen molar-refractivity contribution in [2.75, 3.05) is 6.54 Å². The number of halogens is 3. The van der Waals surface area contributed by atoms with Gasteiger partial charge in [0, 0.05) is 42.2 Å². The number of rotatable bonds is 5. The van der Waals surface area contributed by atoms with Crippen LogP contribution in [0.15, 0.2) is 53.3 Å². The number of H-pyrrole nitrogens is 1. The van der Waals surface area contributed by atoms with E-state index in [9.17, 15) is 13.6 Å². The number of hydrogen-bond donors (Lipinski definition) is 1. The summed E-state index contributed by atoms with van der Waals surface area (Å²) in [7, 11) is 0. The van der Waals surface area contributed by atoms with E-state index >= 15 is 0 Å². The number of benzene rings is 2. The fraction of sp³-hybridized carbons (Fsp3) is 0.238. The molecule has 0 fully saturated rings. The highest BCUT2D eigenvalue weighted by Gasteiger charge is 2.22. The Labute approximate surface area is 170 Å². The zero-order valence-corrected chi connectivity index (χ0v) is 16.1. The van der Waals surface area contributed by atoms with Gasteiger partial charge in [0.15, 0.2) is 0 Å². The first kappa shape index (κ1) is 19.5. The van der Waals surface area contributed by atoms with Gasteiger partial charge in [-0.05, 0) is 30.3 Å². The van der Waals surface area contributed by atoms with E-state index in [-0.39, 0.29) is 11.3 Å². The van der Waals surface area contributed by atoms with Crippen molar-refractivity contribution < 1.29 is 13.5 Å². The maximum absolute atomic E-state index is 12.7. The lowest BCUT2D eigenvalue weighted by Crippen LogP contribution is -2.35. The molecule has 0 saturated heterocycles. The normalized spacial score (nSPS) is 14.1. The fourth-order valence-corrected chi connectivity index (χ4v) is 3.57. The van der Waals surface area contributed by atoms with E-state index in [0.29, 0.717) is 48.0 Å². The number of hydrogen-bond acceptors (Lipinski definition) is 4. The van der Waals surface area contributed by atoms with E-state index in [1.807, 2.05) is 17.0 Å². The van der Waals surface area contributed by atoms with Crippen LogP contribution in [0, 0.1) is 0 Å². The second-order valence-corrected chi connectivity index (χ2v) is 7.23. The number of nitrogens with one attached hydrogen (secondary N) is 1. The quantitative estimate of drug-likeness (QED) is 0.674. The summed E-state index contributed by atoms with van der Waals surface area (Å²) in [6.07, 6.45) is 0.595. The van der Waals surface area contributed by atoms with Gasteiger partial charge in [0.05, 0.1) is 11.3 Å². The summed E-state index contributed by atoms with van der Waals surface area (Å²) >= 11 is 5.92. The minimum atomic E-state index is -2.88. The number of fused-ring (bicyclic) bond motifs is 1. The molecule has 0 unspecified atom stereocenters. The summed E-state index contributed by atoms with van der Waals surface area (Å²) in [4.78, 5) is 22.1. The zero-order chi connectivity index (χ0) is 20.4. The SMILES string of the molecule is O=c1[nH]c(-c2ccc(Cl)cc2)nc2c1CN(Cc1ccccc1OC(F)F)CC2. The zero-order valence-electron chi connectivity index (χ0n) is 15.4. The van der Waals surface area contributed by atoms with Gasteiger partial charge in [-0.2, -0.15) is 8.78 Å². The average Bonchev–Trinajstić information content (AvgIpc) is 2.70. The molecule has 1 N–H and O–H groups in total. The van der Waals surface area contributed by atoms with Crippen LogP contribution in [0.5, 0.6) is 5.75 Å². The summed E-state index contributed by atoms with van der Waals surface area (Å²) in [5, 5.41) is 0.612. The van der Waals surface area contributed by atoms with E-state index in [1.165, 1.54) is 6.07 Å². The van der Waals surface area contributed by atoms with Crippen molar-refractivity contribution in [2.24, 2.45) is 0 Å². The number of nitrogens with zero attached hydrogens (tertiary/aromatic N) is 2. The Hall–Kier alpha value is -2.77. The van der Waals surface area contributed by atoms with Crippen molar-refractivity contribution in [1.29, 1.82) is 0 Å². The maximum atomic E-state index is 12.7. The number of aromatic nitrogens is 2. The Kier molecular flexibility index (Phi) is 5.60. The molecular formula is C21H18ClF2N3O2. The predicted molar refractivity (Wildman–Crippen MR) is 106 cm³/mol. The van der Waals surface area contributed by atoms with Gasteiger partial charge < -0.3 is 9.72 Å². The van der Waals surface area contributed by atoms with Crippen molar-refractivity contribution in [3.8, 4) is 17.1 Å². The summed E-state index contributed by atoms with van der Waals surface area (Å²) in [5.74, 6) is 0.660. The average molecular weight is 418 g/mol. The molecule has 150 valence electrons. The molecule has 0 saturated carbocycles. The van der Waals surface area contributed by atoms with E-state index < -0.39 is 6.61 Å². The number of aromatic amines is 1. The van der Waals surface area contributed by atoms with Crippen molar-refractivity contribution in [3.63, 3.8) is 0 Å². The topological polar surface area (TPSA) is 58.2 Å². The largest absolute Gasteiger partial charge is 0.434 e. The van der Waals surface area contributed by atoms with Gasteiger partial charge in [-0.15, -0.1) is 0 Å². The van der Waals surface area contributed by atoms with Crippen LogP contribution in [0.3, 0.4) is 0 Å². The number of para-hydroxylation sites is 1. The van der Waals surface area contributed by atoms with Gasteiger partial charge in [0.1, 0.15) is 11.6 Å². The van der Waals surface area contributed by atoms with Crippen molar-refractivity contribution in [1.82, 2.24) is 14.9 Å². The molecule has 3 aromatic rings. The lowest BCUT2D eigenvalue weighted by molar-refractivity contribution is -0.0508. The highest BCUT2D eigenvalue weighted by molar-refractivity contribution is 6.30.